The number of hydrogen-bond acceptors (Lipinski definition) is 3. The molecule has 0 aliphatic rings. The van der Waals surface area contributed by atoms with Gasteiger partial charge in [0, 0.05) is 11.9 Å². The van der Waals surface area contributed by atoms with E-state index in [1.165, 1.54) is 0 Å². The summed E-state index contributed by atoms with van der Waals surface area (Å²) in [6.45, 7) is 2.44. The molecule has 0 atom stereocenters. The molecule has 5 heteroatoms. The van der Waals surface area contributed by atoms with E-state index in [1.807, 2.05) is 49.4 Å². The fourth-order valence-electron chi connectivity index (χ4n) is 2.31. The summed E-state index contributed by atoms with van der Waals surface area (Å²) in [6, 6.07) is 13.5. The molecule has 0 aliphatic carbocycles. The largest absolute Gasteiger partial charge is 0.497 e. The van der Waals surface area contributed by atoms with Gasteiger partial charge in [0.25, 0.3) is 5.91 Å². The molecule has 0 radical (unpaired) electrons. The molecular formula is C17H17N3O2. The zero-order valence-corrected chi connectivity index (χ0v) is 12.5. The Labute approximate surface area is 128 Å². The van der Waals surface area contributed by atoms with Crippen LogP contribution in [0.2, 0.25) is 0 Å². The van der Waals surface area contributed by atoms with Gasteiger partial charge in [-0.2, -0.15) is 5.10 Å². The van der Waals surface area contributed by atoms with E-state index in [-0.39, 0.29) is 5.91 Å². The Morgan fingerprint density at radius 2 is 2.00 bits per heavy atom. The first-order chi connectivity index (χ1) is 10.7. The molecule has 2 aromatic carbocycles. The first kappa shape index (κ1) is 14.1. The molecule has 22 heavy (non-hydrogen) atoms. The Balaban J connectivity index is 1.74. The van der Waals surface area contributed by atoms with Crippen LogP contribution >= 0.6 is 0 Å². The van der Waals surface area contributed by atoms with E-state index < -0.39 is 0 Å². The van der Waals surface area contributed by atoms with Crippen LogP contribution in [0.1, 0.15) is 21.6 Å². The minimum Gasteiger partial charge on any atom is -0.497 e. The lowest BCUT2D eigenvalue weighted by atomic mass is 10.1. The van der Waals surface area contributed by atoms with Gasteiger partial charge in [0.15, 0.2) is 5.69 Å². The van der Waals surface area contributed by atoms with Gasteiger partial charge in [-0.3, -0.25) is 9.89 Å². The number of aryl methyl sites for hydroxylation is 1. The van der Waals surface area contributed by atoms with Gasteiger partial charge in [-0.25, -0.2) is 0 Å². The number of benzene rings is 2. The number of rotatable bonds is 4. The number of nitrogens with one attached hydrogen (secondary N) is 2. The van der Waals surface area contributed by atoms with E-state index in [9.17, 15) is 4.79 Å². The molecule has 3 rings (SSSR count). The van der Waals surface area contributed by atoms with Gasteiger partial charge in [-0.05, 0) is 36.8 Å². The van der Waals surface area contributed by atoms with Gasteiger partial charge >= 0.3 is 0 Å². The van der Waals surface area contributed by atoms with Crippen molar-refractivity contribution in [1.82, 2.24) is 15.5 Å². The summed E-state index contributed by atoms with van der Waals surface area (Å²) in [5.74, 6) is 0.608. The Morgan fingerprint density at radius 3 is 2.73 bits per heavy atom. The van der Waals surface area contributed by atoms with Gasteiger partial charge in [-0.1, -0.05) is 23.8 Å². The quantitative estimate of drug-likeness (QED) is 0.777. The maximum atomic E-state index is 12.3. The molecule has 3 aromatic rings. The molecule has 0 saturated carbocycles. The third-order valence-corrected chi connectivity index (χ3v) is 3.55. The molecule has 0 saturated heterocycles. The van der Waals surface area contributed by atoms with E-state index in [4.69, 9.17) is 4.74 Å². The fourth-order valence-corrected chi connectivity index (χ4v) is 2.31. The highest BCUT2D eigenvalue weighted by Crippen LogP contribution is 2.17. The van der Waals surface area contributed by atoms with Gasteiger partial charge in [-0.15, -0.1) is 0 Å². The number of carbonyl (C=O) groups is 1. The van der Waals surface area contributed by atoms with E-state index in [2.05, 4.69) is 15.5 Å². The number of hydrogen-bond donors (Lipinski definition) is 2. The average molecular weight is 295 g/mol. The van der Waals surface area contributed by atoms with Crippen molar-refractivity contribution in [1.29, 1.82) is 0 Å². The van der Waals surface area contributed by atoms with Crippen molar-refractivity contribution in [3.8, 4) is 5.75 Å². The van der Waals surface area contributed by atoms with Crippen LogP contribution in [0.15, 0.2) is 42.5 Å². The molecule has 0 fully saturated rings. The number of amides is 1. The van der Waals surface area contributed by atoms with Crippen molar-refractivity contribution in [3.05, 3.63) is 59.3 Å². The van der Waals surface area contributed by atoms with Crippen LogP contribution in [0.3, 0.4) is 0 Å². The molecule has 112 valence electrons. The fraction of sp³-hybridized carbons (Fsp3) is 0.176. The van der Waals surface area contributed by atoms with Crippen LogP contribution in [-0.2, 0) is 6.54 Å². The topological polar surface area (TPSA) is 67.0 Å². The highest BCUT2D eigenvalue weighted by atomic mass is 16.5. The van der Waals surface area contributed by atoms with E-state index >= 15 is 0 Å². The van der Waals surface area contributed by atoms with Crippen molar-refractivity contribution in [2.75, 3.05) is 7.11 Å². The highest BCUT2D eigenvalue weighted by molar-refractivity contribution is 6.04. The second-order valence-electron chi connectivity index (χ2n) is 5.15. The summed E-state index contributed by atoms with van der Waals surface area (Å²) in [7, 11) is 1.63. The predicted octanol–water partition coefficient (Wildman–Crippen LogP) is 2.81. The van der Waals surface area contributed by atoms with Crippen LogP contribution in [0.25, 0.3) is 10.9 Å². The first-order valence-corrected chi connectivity index (χ1v) is 7.03. The maximum absolute atomic E-state index is 12.3. The predicted molar refractivity (Wildman–Crippen MR) is 85.0 cm³/mol. The first-order valence-electron chi connectivity index (χ1n) is 7.03. The SMILES string of the molecule is COc1ccc(CNC(=O)c2n[nH]c3ccc(C)cc23)cc1. The minimum absolute atomic E-state index is 0.187. The second-order valence-corrected chi connectivity index (χ2v) is 5.15. The smallest absolute Gasteiger partial charge is 0.272 e. The number of aromatic nitrogens is 2. The third-order valence-electron chi connectivity index (χ3n) is 3.55. The Kier molecular flexibility index (Phi) is 3.78. The Bertz CT molecular complexity index is 806. The molecule has 0 spiro atoms. The molecule has 1 aromatic heterocycles. The molecule has 5 nitrogen and oxygen atoms in total. The summed E-state index contributed by atoms with van der Waals surface area (Å²) in [5, 5.41) is 10.7. The number of nitrogens with zero attached hydrogens (tertiary/aromatic N) is 1. The van der Waals surface area contributed by atoms with Crippen molar-refractivity contribution in [2.24, 2.45) is 0 Å². The summed E-state index contributed by atoms with van der Waals surface area (Å²) in [4.78, 5) is 12.3. The number of H-pyrrole nitrogens is 1. The van der Waals surface area contributed by atoms with Crippen molar-refractivity contribution >= 4 is 16.8 Å². The number of methoxy groups -OCH3 is 1. The normalized spacial score (nSPS) is 10.6. The van der Waals surface area contributed by atoms with Crippen molar-refractivity contribution in [2.45, 2.75) is 13.5 Å². The van der Waals surface area contributed by atoms with E-state index in [1.54, 1.807) is 7.11 Å². The lowest BCUT2D eigenvalue weighted by Gasteiger charge is -2.05. The Hall–Kier alpha value is -2.82. The second kappa shape index (κ2) is 5.89. The summed E-state index contributed by atoms with van der Waals surface area (Å²) < 4.78 is 5.11. The van der Waals surface area contributed by atoms with Gasteiger partial charge < -0.3 is 10.1 Å². The van der Waals surface area contributed by atoms with Gasteiger partial charge in [0.1, 0.15) is 5.75 Å². The van der Waals surface area contributed by atoms with Crippen LogP contribution in [0.5, 0.6) is 5.75 Å². The van der Waals surface area contributed by atoms with E-state index in [0.717, 1.165) is 27.8 Å². The Morgan fingerprint density at radius 1 is 1.23 bits per heavy atom. The minimum atomic E-state index is -0.187. The standard InChI is InChI=1S/C17H17N3O2/c1-11-3-8-15-14(9-11)16(20-19-15)17(21)18-10-12-4-6-13(22-2)7-5-12/h3-9H,10H2,1-2H3,(H,18,21)(H,19,20). The molecule has 2 N–H and O–H groups in total. The molecule has 0 aliphatic heterocycles. The molecular weight excluding hydrogens is 278 g/mol. The highest BCUT2D eigenvalue weighted by Gasteiger charge is 2.13. The van der Waals surface area contributed by atoms with Gasteiger partial charge in [0.05, 0.1) is 12.6 Å². The zero-order chi connectivity index (χ0) is 15.5. The summed E-state index contributed by atoms with van der Waals surface area (Å²) >= 11 is 0. The average Bonchev–Trinajstić information content (AvgIpc) is 2.96. The number of carbonyl (C=O) groups excluding carboxylic acids is 1. The van der Waals surface area contributed by atoms with Crippen LogP contribution in [0, 0.1) is 6.92 Å². The lowest BCUT2D eigenvalue weighted by Crippen LogP contribution is -2.23. The van der Waals surface area contributed by atoms with Gasteiger partial charge in [0.2, 0.25) is 0 Å². The number of ether oxygens (including phenoxy) is 1. The van der Waals surface area contributed by atoms with E-state index in [0.29, 0.717) is 12.2 Å². The third kappa shape index (κ3) is 2.79. The lowest BCUT2D eigenvalue weighted by molar-refractivity contribution is 0.0947. The monoisotopic (exact) mass is 295 g/mol. The van der Waals surface area contributed by atoms with Crippen LogP contribution in [0.4, 0.5) is 0 Å². The van der Waals surface area contributed by atoms with Crippen LogP contribution in [-0.4, -0.2) is 23.2 Å². The molecule has 1 amide bonds. The molecule has 1 heterocycles. The van der Waals surface area contributed by atoms with Crippen LogP contribution < -0.4 is 10.1 Å². The number of aromatic amines is 1. The maximum Gasteiger partial charge on any atom is 0.272 e. The summed E-state index contributed by atoms with van der Waals surface area (Å²) in [6.07, 6.45) is 0. The number of fused-ring (bicyclic) bond motifs is 1. The summed E-state index contributed by atoms with van der Waals surface area (Å²) in [5.41, 5.74) is 3.38. The van der Waals surface area contributed by atoms with Crippen molar-refractivity contribution in [3.63, 3.8) is 0 Å². The molecule has 0 bridgehead atoms. The van der Waals surface area contributed by atoms with Crippen molar-refractivity contribution < 1.29 is 9.53 Å². The molecule has 0 unspecified atom stereocenters. The zero-order valence-electron chi connectivity index (χ0n) is 12.5.